The number of hydrogen-bond acceptors (Lipinski definition) is 5. The largest absolute Gasteiger partial charge is 0.519 e. The minimum absolute atomic E-state index is 0.322. The molecule has 0 unspecified atom stereocenters. The molecule has 0 saturated carbocycles. The Morgan fingerprint density at radius 1 is 0.630 bits per heavy atom. The second-order valence-electron chi connectivity index (χ2n) is 4.64. The highest BCUT2D eigenvalue weighted by Gasteiger charge is 2.06. The van der Waals surface area contributed by atoms with Gasteiger partial charge in [-0.15, -0.1) is 0 Å². The van der Waals surface area contributed by atoms with E-state index in [1.54, 1.807) is 72.8 Å². The number of ether oxygens (including phenoxy) is 2. The molecule has 27 heavy (non-hydrogen) atoms. The molecule has 140 valence electrons. The molecule has 0 heterocycles. The minimum atomic E-state index is -0.889. The summed E-state index contributed by atoms with van der Waals surface area (Å²) in [4.78, 5) is 20.3. The molecule has 7 heteroatoms. The lowest BCUT2D eigenvalue weighted by Crippen LogP contribution is -2.13. The zero-order valence-electron chi connectivity index (χ0n) is 14.0. The number of para-hydroxylation sites is 3. The maximum absolute atomic E-state index is 11.3. The average Bonchev–Trinajstić information content (AvgIpc) is 2.64. The molecule has 3 aromatic carbocycles. The Hall–Kier alpha value is -3.02. The zero-order chi connectivity index (χ0) is 19.9. The number of phenols is 1. The van der Waals surface area contributed by atoms with Crippen LogP contribution in [0.2, 0.25) is 0 Å². The van der Waals surface area contributed by atoms with E-state index in [1.165, 1.54) is 0 Å². The van der Waals surface area contributed by atoms with Gasteiger partial charge in [-0.3, -0.25) is 4.79 Å². The first-order valence-corrected chi connectivity index (χ1v) is 8.31. The molecule has 0 bridgehead atoms. The maximum Gasteiger partial charge on any atom is 0.519 e. The van der Waals surface area contributed by atoms with Crippen LogP contribution in [0.25, 0.3) is 0 Å². The summed E-state index contributed by atoms with van der Waals surface area (Å²) >= 11 is 8.80. The normalized spacial score (nSPS) is 8.81. The number of carbonyl (C=O) groups is 2. The molecule has 0 saturated heterocycles. The lowest BCUT2D eigenvalue weighted by molar-refractivity contribution is 0.152. The van der Waals surface area contributed by atoms with Crippen molar-refractivity contribution in [3.63, 3.8) is 0 Å². The first-order valence-electron chi connectivity index (χ1n) is 7.56. The minimum Gasteiger partial charge on any atom is -0.508 e. The summed E-state index contributed by atoms with van der Waals surface area (Å²) in [6, 6.07) is 26.3. The highest BCUT2D eigenvalue weighted by atomic mass is 35.5. The fourth-order valence-electron chi connectivity index (χ4n) is 1.62. The van der Waals surface area contributed by atoms with Gasteiger partial charge >= 0.3 is 10.9 Å². The number of phenolic OH excluding ortho intramolecular Hbond substituents is 1. The third kappa shape index (κ3) is 12.0. The van der Waals surface area contributed by atoms with Crippen molar-refractivity contribution < 1.29 is 24.2 Å². The maximum atomic E-state index is 11.3. The van der Waals surface area contributed by atoms with Crippen molar-refractivity contribution in [1.29, 1.82) is 0 Å². The van der Waals surface area contributed by atoms with Crippen molar-refractivity contribution in [3.05, 3.63) is 91.0 Å². The number of benzene rings is 3. The lowest BCUT2D eigenvalue weighted by Gasteiger charge is -2.04. The standard InChI is InChI=1S/C13H10O3.C6H6O.CCl2O/c14-13(15-11-7-3-1-4-8-11)16-12-9-5-2-6-10-12;7-6-4-2-1-3-5-6;2-1(3)4/h1-10H;1-5,7H;. The Bertz CT molecular complexity index is 749. The Morgan fingerprint density at radius 2 is 0.926 bits per heavy atom. The second-order valence-corrected chi connectivity index (χ2v) is 5.52. The van der Waals surface area contributed by atoms with E-state index in [4.69, 9.17) is 19.4 Å². The van der Waals surface area contributed by atoms with Crippen LogP contribution in [0.4, 0.5) is 9.59 Å². The first-order chi connectivity index (χ1) is 13.0. The summed E-state index contributed by atoms with van der Waals surface area (Å²) in [6.07, 6.45) is -0.739. The second kappa shape index (κ2) is 13.2. The van der Waals surface area contributed by atoms with Crippen molar-refractivity contribution in [2.45, 2.75) is 0 Å². The van der Waals surface area contributed by atoms with Gasteiger partial charge in [0.1, 0.15) is 17.2 Å². The van der Waals surface area contributed by atoms with E-state index >= 15 is 0 Å². The summed E-state index contributed by atoms with van der Waals surface area (Å²) in [6.45, 7) is 0. The molecule has 0 radical (unpaired) electrons. The Balaban J connectivity index is 0.000000273. The average molecular weight is 407 g/mol. The highest BCUT2D eigenvalue weighted by Crippen LogP contribution is 2.12. The molecule has 0 fully saturated rings. The number of hydrogen-bond donors (Lipinski definition) is 1. The number of rotatable bonds is 2. The fraction of sp³-hybridized carbons (Fsp3) is 0. The van der Waals surface area contributed by atoms with Gasteiger partial charge in [0.15, 0.2) is 0 Å². The Labute approximate surface area is 166 Å². The van der Waals surface area contributed by atoms with Crippen LogP contribution in [0.3, 0.4) is 0 Å². The number of halogens is 2. The van der Waals surface area contributed by atoms with Crippen molar-refractivity contribution in [3.8, 4) is 17.2 Å². The molecule has 0 aliphatic carbocycles. The number of carbonyl (C=O) groups excluding carboxylic acids is 2. The van der Waals surface area contributed by atoms with E-state index in [0.717, 1.165) is 0 Å². The van der Waals surface area contributed by atoms with Crippen molar-refractivity contribution in [1.82, 2.24) is 0 Å². The van der Waals surface area contributed by atoms with Gasteiger partial charge in [0.05, 0.1) is 0 Å². The van der Waals surface area contributed by atoms with Gasteiger partial charge in [-0.1, -0.05) is 54.6 Å². The van der Waals surface area contributed by atoms with E-state index in [-0.39, 0.29) is 0 Å². The van der Waals surface area contributed by atoms with Gasteiger partial charge in [0.2, 0.25) is 0 Å². The topological polar surface area (TPSA) is 72.8 Å². The van der Waals surface area contributed by atoms with Crippen LogP contribution >= 0.6 is 23.2 Å². The number of aromatic hydroxyl groups is 1. The van der Waals surface area contributed by atoms with E-state index in [0.29, 0.717) is 17.2 Å². The summed E-state index contributed by atoms with van der Waals surface area (Å²) in [5.41, 5.74) is 0. The van der Waals surface area contributed by atoms with Crippen LogP contribution in [0.15, 0.2) is 91.0 Å². The zero-order valence-corrected chi connectivity index (χ0v) is 15.5. The van der Waals surface area contributed by atoms with Gasteiger partial charge in [0, 0.05) is 0 Å². The van der Waals surface area contributed by atoms with Gasteiger partial charge in [-0.2, -0.15) is 0 Å². The predicted octanol–water partition coefficient (Wildman–Crippen LogP) is 6.24. The third-order valence-electron chi connectivity index (χ3n) is 2.64. The molecule has 0 spiro atoms. The van der Waals surface area contributed by atoms with E-state index < -0.39 is 10.9 Å². The molecule has 0 amide bonds. The van der Waals surface area contributed by atoms with Gasteiger partial charge in [0.25, 0.3) is 0 Å². The molecule has 5 nitrogen and oxygen atoms in total. The summed E-state index contributed by atoms with van der Waals surface area (Å²) in [5, 5.41) is 8.63. The molecular formula is C20H16Cl2O5. The van der Waals surface area contributed by atoms with Gasteiger partial charge in [-0.25, -0.2) is 4.79 Å². The summed E-state index contributed by atoms with van der Waals surface area (Å²) in [5.74, 6) is 1.24. The fourth-order valence-corrected chi connectivity index (χ4v) is 1.62. The first kappa shape index (κ1) is 22.0. The van der Waals surface area contributed by atoms with Crippen LogP contribution in [-0.4, -0.2) is 16.0 Å². The smallest absolute Gasteiger partial charge is 0.508 e. The van der Waals surface area contributed by atoms with E-state index in [1.807, 2.05) is 18.2 Å². The van der Waals surface area contributed by atoms with Crippen LogP contribution in [0.5, 0.6) is 17.2 Å². The molecular weight excluding hydrogens is 391 g/mol. The van der Waals surface area contributed by atoms with E-state index in [9.17, 15) is 4.79 Å². The lowest BCUT2D eigenvalue weighted by atomic mass is 10.3. The van der Waals surface area contributed by atoms with Crippen LogP contribution in [0, 0.1) is 0 Å². The molecule has 0 aromatic heterocycles. The summed E-state index contributed by atoms with van der Waals surface area (Å²) in [7, 11) is 0. The summed E-state index contributed by atoms with van der Waals surface area (Å²) < 4.78 is 9.03. The van der Waals surface area contributed by atoms with E-state index in [2.05, 4.69) is 23.2 Å². The van der Waals surface area contributed by atoms with Crippen LogP contribution in [0.1, 0.15) is 0 Å². The molecule has 0 aliphatic rings. The Morgan fingerprint density at radius 3 is 1.19 bits per heavy atom. The third-order valence-corrected chi connectivity index (χ3v) is 2.64. The van der Waals surface area contributed by atoms with Crippen LogP contribution < -0.4 is 9.47 Å². The Kier molecular flexibility index (Phi) is 10.8. The molecule has 0 atom stereocenters. The van der Waals surface area contributed by atoms with Crippen molar-refractivity contribution >= 4 is 34.1 Å². The molecule has 0 aliphatic heterocycles. The molecule has 1 N–H and O–H groups in total. The van der Waals surface area contributed by atoms with Crippen molar-refractivity contribution in [2.24, 2.45) is 0 Å². The van der Waals surface area contributed by atoms with Crippen molar-refractivity contribution in [2.75, 3.05) is 0 Å². The highest BCUT2D eigenvalue weighted by molar-refractivity contribution is 6.93. The van der Waals surface area contributed by atoms with Gasteiger partial charge < -0.3 is 14.6 Å². The predicted molar refractivity (Wildman–Crippen MR) is 105 cm³/mol. The SMILES string of the molecule is O=C(Cl)Cl.O=C(Oc1ccccc1)Oc1ccccc1.Oc1ccccc1. The molecule has 3 rings (SSSR count). The quantitative estimate of drug-likeness (QED) is 0.309. The molecule has 3 aromatic rings. The monoisotopic (exact) mass is 406 g/mol. The van der Waals surface area contributed by atoms with Gasteiger partial charge in [-0.05, 0) is 59.6 Å². The van der Waals surface area contributed by atoms with Crippen LogP contribution in [-0.2, 0) is 0 Å².